The molecule has 1 heterocycles. The highest BCUT2D eigenvalue weighted by atomic mass is 16.4. The molecular formula is C15H26N2O3. The molecule has 5 nitrogen and oxygen atoms in total. The Balaban J connectivity index is 1.82. The standard InChI is InChI=1S/C15H26N2O3/c1-11(17-8-4-5-9-17)10-16-14(18)12-6-2-3-7-13(12)15(19)20/h11-13H,2-10H2,1H3,(H,16,18)(H,19,20)/t11?,12-,13+/m1/s1. The fourth-order valence-electron chi connectivity index (χ4n) is 3.43. The van der Waals surface area contributed by atoms with Crippen molar-refractivity contribution in [3.05, 3.63) is 0 Å². The zero-order chi connectivity index (χ0) is 14.5. The van der Waals surface area contributed by atoms with E-state index in [0.717, 1.165) is 25.9 Å². The Morgan fingerprint density at radius 3 is 2.35 bits per heavy atom. The van der Waals surface area contributed by atoms with E-state index < -0.39 is 11.9 Å². The van der Waals surface area contributed by atoms with Gasteiger partial charge in [-0.25, -0.2) is 0 Å². The minimum Gasteiger partial charge on any atom is -0.481 e. The minimum absolute atomic E-state index is 0.0665. The maximum atomic E-state index is 12.2. The van der Waals surface area contributed by atoms with E-state index in [1.54, 1.807) is 0 Å². The predicted molar refractivity (Wildman–Crippen MR) is 76.4 cm³/mol. The molecule has 5 heteroatoms. The summed E-state index contributed by atoms with van der Waals surface area (Å²) in [6, 6.07) is 0.341. The number of amides is 1. The molecular weight excluding hydrogens is 256 g/mol. The van der Waals surface area contributed by atoms with E-state index >= 15 is 0 Å². The summed E-state index contributed by atoms with van der Waals surface area (Å²) >= 11 is 0. The number of likely N-dealkylation sites (tertiary alicyclic amines) is 1. The van der Waals surface area contributed by atoms with Crippen molar-refractivity contribution in [3.8, 4) is 0 Å². The van der Waals surface area contributed by atoms with Crippen LogP contribution in [0, 0.1) is 11.8 Å². The summed E-state index contributed by atoms with van der Waals surface area (Å²) in [6.45, 7) is 4.97. The molecule has 1 amide bonds. The van der Waals surface area contributed by atoms with Gasteiger partial charge in [0.1, 0.15) is 0 Å². The average molecular weight is 282 g/mol. The third-order valence-electron chi connectivity index (χ3n) is 4.76. The van der Waals surface area contributed by atoms with Gasteiger partial charge in [-0.15, -0.1) is 0 Å². The first-order valence-corrected chi connectivity index (χ1v) is 7.84. The van der Waals surface area contributed by atoms with Crippen LogP contribution in [0.15, 0.2) is 0 Å². The number of hydrogen-bond donors (Lipinski definition) is 2. The zero-order valence-electron chi connectivity index (χ0n) is 12.3. The second-order valence-electron chi connectivity index (χ2n) is 6.17. The van der Waals surface area contributed by atoms with Crippen molar-refractivity contribution in [1.29, 1.82) is 0 Å². The van der Waals surface area contributed by atoms with Gasteiger partial charge in [0.2, 0.25) is 5.91 Å². The van der Waals surface area contributed by atoms with Crippen LogP contribution in [-0.2, 0) is 9.59 Å². The van der Waals surface area contributed by atoms with Crippen LogP contribution < -0.4 is 5.32 Å². The maximum Gasteiger partial charge on any atom is 0.307 e. The van der Waals surface area contributed by atoms with Crippen molar-refractivity contribution in [1.82, 2.24) is 10.2 Å². The lowest BCUT2D eigenvalue weighted by Gasteiger charge is -2.29. The lowest BCUT2D eigenvalue weighted by molar-refractivity contribution is -0.148. The van der Waals surface area contributed by atoms with Crippen molar-refractivity contribution in [2.24, 2.45) is 11.8 Å². The molecule has 2 aliphatic rings. The average Bonchev–Trinajstić information content (AvgIpc) is 2.98. The SMILES string of the molecule is CC(CNC(=O)[C@@H]1CCCC[C@@H]1C(=O)O)N1CCCC1. The first kappa shape index (κ1) is 15.3. The van der Waals surface area contributed by atoms with Crippen molar-refractivity contribution in [2.45, 2.75) is 51.5 Å². The van der Waals surface area contributed by atoms with Gasteiger partial charge in [-0.05, 0) is 45.7 Å². The fourth-order valence-corrected chi connectivity index (χ4v) is 3.43. The molecule has 1 aliphatic heterocycles. The summed E-state index contributed by atoms with van der Waals surface area (Å²) in [7, 11) is 0. The number of carboxylic acids is 1. The monoisotopic (exact) mass is 282 g/mol. The van der Waals surface area contributed by atoms with E-state index in [0.29, 0.717) is 25.4 Å². The van der Waals surface area contributed by atoms with Gasteiger partial charge >= 0.3 is 5.97 Å². The second kappa shape index (κ2) is 7.07. The number of nitrogens with zero attached hydrogens (tertiary/aromatic N) is 1. The molecule has 0 spiro atoms. The van der Waals surface area contributed by atoms with Crippen molar-refractivity contribution in [3.63, 3.8) is 0 Å². The Kier molecular flexibility index (Phi) is 5.40. The highest BCUT2D eigenvalue weighted by Crippen LogP contribution is 2.30. The Morgan fingerprint density at radius 1 is 1.15 bits per heavy atom. The molecule has 1 aliphatic carbocycles. The first-order chi connectivity index (χ1) is 9.59. The van der Waals surface area contributed by atoms with Crippen molar-refractivity contribution < 1.29 is 14.7 Å². The van der Waals surface area contributed by atoms with E-state index in [1.807, 2.05) is 0 Å². The topological polar surface area (TPSA) is 69.6 Å². The molecule has 1 saturated heterocycles. The third kappa shape index (κ3) is 3.72. The molecule has 2 rings (SSSR count). The van der Waals surface area contributed by atoms with E-state index in [1.165, 1.54) is 12.8 Å². The summed E-state index contributed by atoms with van der Waals surface area (Å²) in [6.07, 6.45) is 5.70. The van der Waals surface area contributed by atoms with Crippen LogP contribution in [0.1, 0.15) is 45.4 Å². The summed E-state index contributed by atoms with van der Waals surface area (Å²) in [4.78, 5) is 25.9. The Bertz CT molecular complexity index is 353. The highest BCUT2D eigenvalue weighted by Gasteiger charge is 2.35. The summed E-state index contributed by atoms with van der Waals surface area (Å²) in [5.41, 5.74) is 0. The number of carbonyl (C=O) groups excluding carboxylic acids is 1. The van der Waals surface area contributed by atoms with Gasteiger partial charge in [-0.1, -0.05) is 12.8 Å². The van der Waals surface area contributed by atoms with Crippen LogP contribution >= 0.6 is 0 Å². The van der Waals surface area contributed by atoms with Crippen LogP contribution in [0.2, 0.25) is 0 Å². The quantitative estimate of drug-likeness (QED) is 0.801. The van der Waals surface area contributed by atoms with Gasteiger partial charge < -0.3 is 10.4 Å². The lowest BCUT2D eigenvalue weighted by atomic mass is 9.78. The third-order valence-corrected chi connectivity index (χ3v) is 4.76. The molecule has 0 bridgehead atoms. The molecule has 0 radical (unpaired) electrons. The molecule has 0 aromatic carbocycles. The molecule has 0 aromatic heterocycles. The minimum atomic E-state index is -0.822. The van der Waals surface area contributed by atoms with Crippen LogP contribution in [0.25, 0.3) is 0 Å². The van der Waals surface area contributed by atoms with E-state index in [4.69, 9.17) is 0 Å². The van der Waals surface area contributed by atoms with Crippen LogP contribution in [-0.4, -0.2) is 47.6 Å². The molecule has 2 N–H and O–H groups in total. The van der Waals surface area contributed by atoms with Gasteiger partial charge in [0.25, 0.3) is 0 Å². The normalized spacial score (nSPS) is 29.1. The fraction of sp³-hybridized carbons (Fsp3) is 0.867. The van der Waals surface area contributed by atoms with Crippen LogP contribution in [0.5, 0.6) is 0 Å². The van der Waals surface area contributed by atoms with Gasteiger partial charge in [-0.3, -0.25) is 14.5 Å². The summed E-state index contributed by atoms with van der Waals surface area (Å²) in [5.74, 6) is -1.72. The Morgan fingerprint density at radius 2 is 1.75 bits per heavy atom. The number of carboxylic acid groups (broad SMARTS) is 1. The van der Waals surface area contributed by atoms with Crippen molar-refractivity contribution in [2.75, 3.05) is 19.6 Å². The largest absolute Gasteiger partial charge is 0.481 e. The second-order valence-corrected chi connectivity index (χ2v) is 6.17. The molecule has 0 aromatic rings. The highest BCUT2D eigenvalue weighted by molar-refractivity contribution is 5.84. The smallest absolute Gasteiger partial charge is 0.307 e. The molecule has 1 unspecified atom stereocenters. The lowest BCUT2D eigenvalue weighted by Crippen LogP contribution is -2.45. The van der Waals surface area contributed by atoms with Crippen LogP contribution in [0.4, 0.5) is 0 Å². The van der Waals surface area contributed by atoms with Crippen LogP contribution in [0.3, 0.4) is 0 Å². The van der Waals surface area contributed by atoms with Crippen molar-refractivity contribution >= 4 is 11.9 Å². The maximum absolute atomic E-state index is 12.2. The molecule has 114 valence electrons. The number of nitrogens with one attached hydrogen (secondary N) is 1. The van der Waals surface area contributed by atoms with Gasteiger partial charge in [0.15, 0.2) is 0 Å². The number of rotatable bonds is 5. The van der Waals surface area contributed by atoms with Gasteiger partial charge in [-0.2, -0.15) is 0 Å². The number of carbonyl (C=O) groups is 2. The van der Waals surface area contributed by atoms with E-state index in [9.17, 15) is 14.7 Å². The first-order valence-electron chi connectivity index (χ1n) is 7.84. The molecule has 3 atom stereocenters. The zero-order valence-corrected chi connectivity index (χ0v) is 12.3. The number of aliphatic carboxylic acids is 1. The predicted octanol–water partition coefficient (Wildman–Crippen LogP) is 1.48. The Hall–Kier alpha value is -1.10. The Labute approximate surface area is 120 Å². The van der Waals surface area contributed by atoms with Gasteiger partial charge in [0.05, 0.1) is 11.8 Å². The summed E-state index contributed by atoms with van der Waals surface area (Å²) < 4.78 is 0. The van der Waals surface area contributed by atoms with Gasteiger partial charge in [0, 0.05) is 12.6 Å². The van der Waals surface area contributed by atoms with E-state index in [-0.39, 0.29) is 11.8 Å². The molecule has 2 fully saturated rings. The number of hydrogen-bond acceptors (Lipinski definition) is 3. The summed E-state index contributed by atoms with van der Waals surface area (Å²) in [5, 5.41) is 12.2. The molecule has 20 heavy (non-hydrogen) atoms. The molecule has 1 saturated carbocycles. The van der Waals surface area contributed by atoms with E-state index in [2.05, 4.69) is 17.1 Å².